The molecule has 2 rings (SSSR count). The number of fused-ring (bicyclic) bond motifs is 1. The van der Waals surface area contributed by atoms with Gasteiger partial charge in [-0.2, -0.15) is 0 Å². The first-order valence-electron chi connectivity index (χ1n) is 6.27. The van der Waals surface area contributed by atoms with Crippen molar-refractivity contribution in [2.24, 2.45) is 0 Å². The molecule has 1 N–H and O–H groups in total. The zero-order valence-corrected chi connectivity index (χ0v) is 10.7. The first-order chi connectivity index (χ1) is 8.74. The highest BCUT2D eigenvalue weighted by Gasteiger charge is 2.12. The molecule has 18 heavy (non-hydrogen) atoms. The average Bonchev–Trinajstić information content (AvgIpc) is 2.44. The highest BCUT2D eigenvalue weighted by atomic mass is 16.1. The molecule has 4 nitrogen and oxygen atoms in total. The second kappa shape index (κ2) is 5.58. The van der Waals surface area contributed by atoms with E-state index in [-0.39, 0.29) is 11.9 Å². The maximum Gasteiger partial charge on any atom is 0.271 e. The van der Waals surface area contributed by atoms with Crippen molar-refractivity contribution in [1.82, 2.24) is 15.3 Å². The Labute approximate surface area is 106 Å². The van der Waals surface area contributed by atoms with Gasteiger partial charge in [0.1, 0.15) is 5.69 Å². The lowest BCUT2D eigenvalue weighted by Crippen LogP contribution is -2.34. The summed E-state index contributed by atoms with van der Waals surface area (Å²) < 4.78 is 0. The van der Waals surface area contributed by atoms with Crippen LogP contribution in [0, 0.1) is 0 Å². The largest absolute Gasteiger partial charge is 0.348 e. The van der Waals surface area contributed by atoms with Crippen LogP contribution in [0.5, 0.6) is 0 Å². The van der Waals surface area contributed by atoms with Crippen LogP contribution in [-0.4, -0.2) is 21.9 Å². The molecule has 0 saturated carbocycles. The van der Waals surface area contributed by atoms with Crippen molar-refractivity contribution in [1.29, 1.82) is 0 Å². The van der Waals surface area contributed by atoms with Crippen molar-refractivity contribution in [3.63, 3.8) is 0 Å². The van der Waals surface area contributed by atoms with E-state index in [0.717, 1.165) is 23.9 Å². The van der Waals surface area contributed by atoms with Crippen molar-refractivity contribution >= 4 is 16.9 Å². The molecule has 2 aromatic rings. The maximum absolute atomic E-state index is 12.0. The van der Waals surface area contributed by atoms with Crippen LogP contribution in [0.4, 0.5) is 0 Å². The number of nitrogens with zero attached hydrogens (tertiary/aromatic N) is 2. The summed E-state index contributed by atoms with van der Waals surface area (Å²) in [6, 6.07) is 7.73. The van der Waals surface area contributed by atoms with Gasteiger partial charge in [0.05, 0.1) is 17.2 Å². The molecule has 0 fully saturated rings. The number of carbonyl (C=O) groups excluding carboxylic acids is 1. The second-order valence-corrected chi connectivity index (χ2v) is 4.23. The zero-order chi connectivity index (χ0) is 13.0. The van der Waals surface area contributed by atoms with Crippen molar-refractivity contribution in [2.45, 2.75) is 32.7 Å². The smallest absolute Gasteiger partial charge is 0.271 e. The van der Waals surface area contributed by atoms with Gasteiger partial charge in [-0.1, -0.05) is 26.0 Å². The highest BCUT2D eigenvalue weighted by Crippen LogP contribution is 2.08. The van der Waals surface area contributed by atoms with Crippen molar-refractivity contribution in [2.75, 3.05) is 0 Å². The van der Waals surface area contributed by atoms with E-state index in [1.54, 1.807) is 0 Å². The lowest BCUT2D eigenvalue weighted by Gasteiger charge is -2.14. The van der Waals surface area contributed by atoms with Crippen molar-refractivity contribution in [3.05, 3.63) is 36.2 Å². The van der Waals surface area contributed by atoms with Gasteiger partial charge in [0.25, 0.3) is 5.91 Å². The minimum atomic E-state index is -0.151. The molecule has 1 heterocycles. The van der Waals surface area contributed by atoms with E-state index < -0.39 is 0 Å². The van der Waals surface area contributed by atoms with Crippen LogP contribution < -0.4 is 5.32 Å². The average molecular weight is 243 g/mol. The maximum atomic E-state index is 12.0. The number of carbonyl (C=O) groups is 1. The molecule has 1 aromatic heterocycles. The Balaban J connectivity index is 2.22. The molecule has 1 aromatic carbocycles. The Morgan fingerprint density at radius 1 is 1.22 bits per heavy atom. The second-order valence-electron chi connectivity index (χ2n) is 4.23. The van der Waals surface area contributed by atoms with Gasteiger partial charge >= 0.3 is 0 Å². The summed E-state index contributed by atoms with van der Waals surface area (Å²) in [4.78, 5) is 20.6. The van der Waals surface area contributed by atoms with Gasteiger partial charge in [-0.25, -0.2) is 4.98 Å². The molecule has 0 spiro atoms. The molecule has 0 aliphatic rings. The number of amides is 1. The number of aromatic nitrogens is 2. The van der Waals surface area contributed by atoms with Gasteiger partial charge in [0.2, 0.25) is 0 Å². The number of rotatable bonds is 4. The summed E-state index contributed by atoms with van der Waals surface area (Å²) in [5, 5.41) is 2.96. The van der Waals surface area contributed by atoms with E-state index in [1.807, 2.05) is 24.3 Å². The Hall–Kier alpha value is -1.97. The minimum Gasteiger partial charge on any atom is -0.348 e. The van der Waals surface area contributed by atoms with Gasteiger partial charge in [0, 0.05) is 6.04 Å². The van der Waals surface area contributed by atoms with E-state index in [1.165, 1.54) is 6.20 Å². The monoisotopic (exact) mass is 243 g/mol. The molecule has 0 aliphatic heterocycles. The lowest BCUT2D eigenvalue weighted by molar-refractivity contribution is 0.0930. The van der Waals surface area contributed by atoms with E-state index in [2.05, 4.69) is 29.1 Å². The van der Waals surface area contributed by atoms with E-state index in [9.17, 15) is 4.79 Å². The van der Waals surface area contributed by atoms with Gasteiger partial charge in [-0.3, -0.25) is 9.78 Å². The third kappa shape index (κ3) is 2.64. The number of hydrogen-bond donors (Lipinski definition) is 1. The Morgan fingerprint density at radius 3 is 2.56 bits per heavy atom. The van der Waals surface area contributed by atoms with Crippen LogP contribution in [0.1, 0.15) is 37.2 Å². The molecular formula is C14H17N3O. The van der Waals surface area contributed by atoms with Crippen LogP contribution in [-0.2, 0) is 0 Å². The third-order valence-corrected chi connectivity index (χ3v) is 3.00. The summed E-state index contributed by atoms with van der Waals surface area (Å²) in [6.45, 7) is 4.11. The normalized spacial score (nSPS) is 10.8. The van der Waals surface area contributed by atoms with E-state index in [4.69, 9.17) is 0 Å². The van der Waals surface area contributed by atoms with Gasteiger partial charge < -0.3 is 5.32 Å². The van der Waals surface area contributed by atoms with Crippen LogP contribution in [0.25, 0.3) is 11.0 Å². The zero-order valence-electron chi connectivity index (χ0n) is 10.7. The van der Waals surface area contributed by atoms with E-state index in [0.29, 0.717) is 5.69 Å². The van der Waals surface area contributed by atoms with Gasteiger partial charge in [-0.05, 0) is 25.0 Å². The van der Waals surface area contributed by atoms with Crippen LogP contribution in [0.2, 0.25) is 0 Å². The summed E-state index contributed by atoms with van der Waals surface area (Å²) in [6.07, 6.45) is 3.37. The summed E-state index contributed by atoms with van der Waals surface area (Å²) in [7, 11) is 0. The molecule has 0 radical (unpaired) electrons. The standard InChI is InChI=1S/C14H17N3O/c1-3-10(4-2)16-14(18)13-9-15-11-7-5-6-8-12(11)17-13/h5-10H,3-4H2,1-2H3,(H,16,18). The molecule has 4 heteroatoms. The molecule has 0 unspecified atom stereocenters. The molecule has 0 saturated heterocycles. The lowest BCUT2D eigenvalue weighted by atomic mass is 10.1. The molecule has 0 bridgehead atoms. The van der Waals surface area contributed by atoms with Crippen LogP contribution in [0.3, 0.4) is 0 Å². The van der Waals surface area contributed by atoms with Crippen molar-refractivity contribution < 1.29 is 4.79 Å². The molecule has 94 valence electrons. The molecule has 0 aliphatic carbocycles. The number of nitrogens with one attached hydrogen (secondary N) is 1. The highest BCUT2D eigenvalue weighted by molar-refractivity contribution is 5.93. The van der Waals surface area contributed by atoms with Crippen LogP contribution in [0.15, 0.2) is 30.5 Å². The Bertz CT molecular complexity index is 549. The fourth-order valence-electron chi connectivity index (χ4n) is 1.82. The van der Waals surface area contributed by atoms with Crippen LogP contribution >= 0.6 is 0 Å². The first kappa shape index (κ1) is 12.5. The minimum absolute atomic E-state index is 0.151. The Kier molecular flexibility index (Phi) is 3.87. The summed E-state index contributed by atoms with van der Waals surface area (Å²) >= 11 is 0. The SMILES string of the molecule is CCC(CC)NC(=O)c1cnc2ccccc2n1. The predicted molar refractivity (Wildman–Crippen MR) is 71.4 cm³/mol. The fraction of sp³-hybridized carbons (Fsp3) is 0.357. The summed E-state index contributed by atoms with van der Waals surface area (Å²) in [5.74, 6) is -0.151. The van der Waals surface area contributed by atoms with Crippen molar-refractivity contribution in [3.8, 4) is 0 Å². The topological polar surface area (TPSA) is 54.9 Å². The molecule has 1 amide bonds. The van der Waals surface area contributed by atoms with Gasteiger partial charge in [0.15, 0.2) is 0 Å². The number of benzene rings is 1. The number of para-hydroxylation sites is 2. The van der Waals surface area contributed by atoms with E-state index >= 15 is 0 Å². The third-order valence-electron chi connectivity index (χ3n) is 3.00. The molecular weight excluding hydrogens is 226 g/mol. The summed E-state index contributed by atoms with van der Waals surface area (Å²) in [5.41, 5.74) is 1.92. The molecule has 0 atom stereocenters. The first-order valence-corrected chi connectivity index (χ1v) is 6.27. The predicted octanol–water partition coefficient (Wildman–Crippen LogP) is 2.55. The van der Waals surface area contributed by atoms with Gasteiger partial charge in [-0.15, -0.1) is 0 Å². The quantitative estimate of drug-likeness (QED) is 0.897. The Morgan fingerprint density at radius 2 is 1.89 bits per heavy atom. The number of hydrogen-bond acceptors (Lipinski definition) is 3. The fourth-order valence-corrected chi connectivity index (χ4v) is 1.82.